The second kappa shape index (κ2) is 7.35. The van der Waals surface area contributed by atoms with Crippen molar-refractivity contribution in [2.75, 3.05) is 10.6 Å². The van der Waals surface area contributed by atoms with Gasteiger partial charge in [-0.15, -0.1) is 0 Å². The second-order valence-electron chi connectivity index (χ2n) is 5.21. The Hall–Kier alpha value is -3.55. The molecular formula is C17H16N6O2. The van der Waals surface area contributed by atoms with Crippen molar-refractivity contribution in [2.45, 2.75) is 13.3 Å². The smallest absolute Gasteiger partial charge is 0.334 e. The minimum atomic E-state index is -0.508. The van der Waals surface area contributed by atoms with Crippen molar-refractivity contribution in [3.05, 3.63) is 70.8 Å². The fraction of sp³-hybridized carbons (Fsp3) is 0.118. The van der Waals surface area contributed by atoms with Crippen LogP contribution in [0.5, 0.6) is 0 Å². The Morgan fingerprint density at radius 3 is 2.04 bits per heavy atom. The molecule has 0 amide bonds. The topological polar surface area (TPSA) is 106 Å². The molecule has 0 saturated carbocycles. The minimum absolute atomic E-state index is 0.110. The van der Waals surface area contributed by atoms with Crippen LogP contribution in [0.4, 0.5) is 28.7 Å². The van der Waals surface area contributed by atoms with Gasteiger partial charge in [0, 0.05) is 23.8 Å². The molecule has 126 valence electrons. The predicted molar refractivity (Wildman–Crippen MR) is 95.3 cm³/mol. The van der Waals surface area contributed by atoms with Gasteiger partial charge in [-0.1, -0.05) is 19.1 Å². The van der Waals surface area contributed by atoms with E-state index in [4.69, 9.17) is 0 Å². The summed E-state index contributed by atoms with van der Waals surface area (Å²) in [5.41, 5.74) is 2.32. The summed E-state index contributed by atoms with van der Waals surface area (Å²) in [6.45, 7) is 2.06. The number of pyridine rings is 1. The van der Waals surface area contributed by atoms with Crippen molar-refractivity contribution < 1.29 is 4.92 Å². The summed E-state index contributed by atoms with van der Waals surface area (Å²) in [7, 11) is 0. The number of benzene rings is 1. The van der Waals surface area contributed by atoms with Gasteiger partial charge < -0.3 is 10.6 Å². The second-order valence-corrected chi connectivity index (χ2v) is 5.21. The highest BCUT2D eigenvalue weighted by Gasteiger charge is 2.23. The van der Waals surface area contributed by atoms with Crippen LogP contribution in [0.15, 0.2) is 55.1 Å². The van der Waals surface area contributed by atoms with Crippen molar-refractivity contribution in [3.63, 3.8) is 0 Å². The molecule has 2 N–H and O–H groups in total. The maximum Gasteiger partial charge on any atom is 0.353 e. The maximum absolute atomic E-state index is 11.6. The highest BCUT2D eigenvalue weighted by molar-refractivity contribution is 5.76. The minimum Gasteiger partial charge on any atom is -0.334 e. The molecule has 0 saturated heterocycles. The Labute approximate surface area is 144 Å². The van der Waals surface area contributed by atoms with E-state index in [2.05, 4.69) is 32.5 Å². The molecule has 0 radical (unpaired) electrons. The molecule has 0 atom stereocenters. The van der Waals surface area contributed by atoms with Crippen LogP contribution in [-0.2, 0) is 6.42 Å². The molecule has 0 unspecified atom stereocenters. The summed E-state index contributed by atoms with van der Waals surface area (Å²) in [5, 5.41) is 17.5. The molecule has 2 aromatic heterocycles. The molecule has 0 aliphatic rings. The number of nitro groups is 1. The zero-order chi connectivity index (χ0) is 17.6. The Kier molecular flexibility index (Phi) is 4.79. The van der Waals surface area contributed by atoms with Crippen molar-refractivity contribution in [3.8, 4) is 0 Å². The number of hydrogen-bond donors (Lipinski definition) is 2. The van der Waals surface area contributed by atoms with Gasteiger partial charge in [-0.25, -0.2) is 9.97 Å². The standard InChI is InChI=1S/C17H16N6O2/c1-2-12-3-5-13(6-4-12)21-16-15(23(24)25)17(20-11-19-16)22-14-7-9-18-10-8-14/h3-11H,2H2,1H3,(H2,18,19,20,21,22). The van der Waals surface area contributed by atoms with Gasteiger partial charge in [0.05, 0.1) is 4.92 Å². The fourth-order valence-electron chi connectivity index (χ4n) is 2.27. The van der Waals surface area contributed by atoms with Crippen LogP contribution in [0.3, 0.4) is 0 Å². The molecule has 0 bridgehead atoms. The van der Waals surface area contributed by atoms with E-state index in [1.54, 1.807) is 24.5 Å². The van der Waals surface area contributed by atoms with Gasteiger partial charge >= 0.3 is 5.69 Å². The summed E-state index contributed by atoms with van der Waals surface area (Å²) >= 11 is 0. The number of nitrogens with zero attached hydrogens (tertiary/aromatic N) is 4. The Morgan fingerprint density at radius 1 is 0.960 bits per heavy atom. The number of hydrogen-bond acceptors (Lipinski definition) is 7. The van der Waals surface area contributed by atoms with Crippen LogP contribution in [-0.4, -0.2) is 19.9 Å². The quantitative estimate of drug-likeness (QED) is 0.520. The summed E-state index contributed by atoms with van der Waals surface area (Å²) in [5.74, 6) is 0.236. The highest BCUT2D eigenvalue weighted by Crippen LogP contribution is 2.32. The molecule has 8 heteroatoms. The lowest BCUT2D eigenvalue weighted by Crippen LogP contribution is -2.05. The number of aryl methyl sites for hydroxylation is 1. The lowest BCUT2D eigenvalue weighted by atomic mass is 10.1. The molecule has 25 heavy (non-hydrogen) atoms. The van der Waals surface area contributed by atoms with Crippen LogP contribution in [0.2, 0.25) is 0 Å². The molecule has 3 rings (SSSR count). The average molecular weight is 336 g/mol. The molecular weight excluding hydrogens is 320 g/mol. The average Bonchev–Trinajstić information content (AvgIpc) is 2.63. The Morgan fingerprint density at radius 2 is 1.52 bits per heavy atom. The normalized spacial score (nSPS) is 10.3. The highest BCUT2D eigenvalue weighted by atomic mass is 16.6. The van der Waals surface area contributed by atoms with E-state index in [1.807, 2.05) is 24.3 Å². The summed E-state index contributed by atoms with van der Waals surface area (Å²) in [6.07, 6.45) is 5.38. The lowest BCUT2D eigenvalue weighted by Gasteiger charge is -2.10. The fourth-order valence-corrected chi connectivity index (χ4v) is 2.27. The molecule has 8 nitrogen and oxygen atoms in total. The molecule has 0 spiro atoms. The van der Waals surface area contributed by atoms with Gasteiger partial charge in [0.2, 0.25) is 11.6 Å². The SMILES string of the molecule is CCc1ccc(Nc2ncnc(Nc3ccncc3)c2[N+](=O)[O-])cc1. The largest absolute Gasteiger partial charge is 0.353 e. The number of anilines is 4. The monoisotopic (exact) mass is 336 g/mol. The summed E-state index contributed by atoms with van der Waals surface area (Å²) < 4.78 is 0. The predicted octanol–water partition coefficient (Wildman–Crippen LogP) is 3.83. The van der Waals surface area contributed by atoms with Crippen LogP contribution in [0.1, 0.15) is 12.5 Å². The molecule has 1 aromatic carbocycles. The van der Waals surface area contributed by atoms with Crippen molar-refractivity contribution in [1.82, 2.24) is 15.0 Å². The summed E-state index contributed by atoms with van der Waals surface area (Å²) in [6, 6.07) is 11.0. The van der Waals surface area contributed by atoms with E-state index in [0.717, 1.165) is 6.42 Å². The first-order chi connectivity index (χ1) is 12.2. The third-order valence-corrected chi connectivity index (χ3v) is 3.57. The first-order valence-corrected chi connectivity index (χ1v) is 7.69. The third-order valence-electron chi connectivity index (χ3n) is 3.57. The van der Waals surface area contributed by atoms with Crippen LogP contribution < -0.4 is 10.6 Å². The number of rotatable bonds is 6. The van der Waals surface area contributed by atoms with E-state index in [0.29, 0.717) is 11.4 Å². The molecule has 2 heterocycles. The van der Waals surface area contributed by atoms with Crippen molar-refractivity contribution >= 4 is 28.7 Å². The lowest BCUT2D eigenvalue weighted by molar-refractivity contribution is -0.383. The van der Waals surface area contributed by atoms with E-state index >= 15 is 0 Å². The molecule has 0 aliphatic carbocycles. The van der Waals surface area contributed by atoms with E-state index in [9.17, 15) is 10.1 Å². The van der Waals surface area contributed by atoms with E-state index in [1.165, 1.54) is 11.9 Å². The van der Waals surface area contributed by atoms with Crippen LogP contribution in [0.25, 0.3) is 0 Å². The third kappa shape index (κ3) is 3.86. The van der Waals surface area contributed by atoms with Crippen molar-refractivity contribution in [2.24, 2.45) is 0 Å². The van der Waals surface area contributed by atoms with Gasteiger partial charge in [-0.2, -0.15) is 0 Å². The van der Waals surface area contributed by atoms with Gasteiger partial charge in [0.25, 0.3) is 0 Å². The van der Waals surface area contributed by atoms with Gasteiger partial charge in [0.15, 0.2) is 0 Å². The van der Waals surface area contributed by atoms with Crippen LogP contribution >= 0.6 is 0 Å². The first kappa shape index (κ1) is 16.3. The Balaban J connectivity index is 1.93. The van der Waals surface area contributed by atoms with Gasteiger partial charge in [-0.05, 0) is 36.2 Å². The van der Waals surface area contributed by atoms with Crippen molar-refractivity contribution in [1.29, 1.82) is 0 Å². The molecule has 0 aliphatic heterocycles. The molecule has 3 aromatic rings. The zero-order valence-electron chi connectivity index (χ0n) is 13.5. The van der Waals surface area contributed by atoms with Gasteiger partial charge in [0.1, 0.15) is 6.33 Å². The number of nitrogens with one attached hydrogen (secondary N) is 2. The summed E-state index contributed by atoms with van der Waals surface area (Å²) in [4.78, 5) is 23.0. The first-order valence-electron chi connectivity index (χ1n) is 7.69. The Bertz CT molecular complexity index is 868. The number of aromatic nitrogens is 3. The molecule has 0 fully saturated rings. The van der Waals surface area contributed by atoms with E-state index in [-0.39, 0.29) is 17.3 Å². The van der Waals surface area contributed by atoms with Crippen LogP contribution in [0, 0.1) is 10.1 Å². The zero-order valence-corrected chi connectivity index (χ0v) is 13.5. The maximum atomic E-state index is 11.6. The van der Waals surface area contributed by atoms with Gasteiger partial charge in [-0.3, -0.25) is 15.1 Å². The van der Waals surface area contributed by atoms with E-state index < -0.39 is 4.92 Å².